The molecule has 1 heterocycles. The Hall–Kier alpha value is -2.98. The van der Waals surface area contributed by atoms with Crippen LogP contribution < -0.4 is 10.6 Å². The normalized spacial score (nSPS) is 10.4. The van der Waals surface area contributed by atoms with Crippen molar-refractivity contribution in [1.29, 1.82) is 0 Å². The third-order valence-corrected chi connectivity index (χ3v) is 5.30. The maximum Gasteiger partial charge on any atom is 0.283 e. The van der Waals surface area contributed by atoms with Gasteiger partial charge in [0.2, 0.25) is 11.0 Å². The number of aromatic nitrogens is 2. The second-order valence-corrected chi connectivity index (χ2v) is 7.86. The number of carbonyl (C=O) groups excluding carboxylic acids is 1. The summed E-state index contributed by atoms with van der Waals surface area (Å²) in [5, 5.41) is 25.8. The number of anilines is 3. The van der Waals surface area contributed by atoms with Crippen molar-refractivity contribution in [2.45, 2.75) is 23.1 Å². The molecule has 138 valence electrons. The van der Waals surface area contributed by atoms with E-state index in [2.05, 4.69) is 20.8 Å². The average Bonchev–Trinajstić information content (AvgIpc) is 3.03. The van der Waals surface area contributed by atoms with Crippen LogP contribution >= 0.6 is 23.1 Å². The van der Waals surface area contributed by atoms with E-state index >= 15 is 0 Å². The average molecular weight is 401 g/mol. The molecule has 0 radical (unpaired) electrons. The lowest BCUT2D eigenvalue weighted by molar-refractivity contribution is -0.387. The summed E-state index contributed by atoms with van der Waals surface area (Å²) in [6, 6.07) is 12.3. The number of nitro benzene ring substituents is 1. The Morgan fingerprint density at radius 1 is 1.19 bits per heavy atom. The topological polar surface area (TPSA) is 110 Å². The number of amides is 1. The van der Waals surface area contributed by atoms with Crippen LogP contribution in [0.2, 0.25) is 0 Å². The van der Waals surface area contributed by atoms with Crippen molar-refractivity contribution in [2.75, 3.05) is 10.6 Å². The van der Waals surface area contributed by atoms with Crippen LogP contribution in [0.4, 0.5) is 22.2 Å². The first-order chi connectivity index (χ1) is 12.9. The molecule has 0 spiro atoms. The molecule has 0 unspecified atom stereocenters. The Balaban J connectivity index is 1.74. The number of carbonyl (C=O) groups is 1. The molecule has 27 heavy (non-hydrogen) atoms. The minimum Gasteiger partial charge on any atom is -0.330 e. The minimum absolute atomic E-state index is 0.0488. The molecule has 1 aromatic heterocycles. The van der Waals surface area contributed by atoms with E-state index in [1.54, 1.807) is 24.3 Å². The first kappa shape index (κ1) is 18.8. The lowest BCUT2D eigenvalue weighted by Crippen LogP contribution is -2.05. The van der Waals surface area contributed by atoms with Gasteiger partial charge in [0.15, 0.2) is 4.34 Å². The molecule has 1 amide bonds. The van der Waals surface area contributed by atoms with Crippen LogP contribution in [-0.2, 0) is 4.79 Å². The summed E-state index contributed by atoms with van der Waals surface area (Å²) in [6.45, 7) is 3.25. The van der Waals surface area contributed by atoms with Gasteiger partial charge in [0.05, 0.1) is 9.82 Å². The molecule has 0 saturated heterocycles. The van der Waals surface area contributed by atoms with Gasteiger partial charge in [-0.3, -0.25) is 14.9 Å². The Bertz CT molecular complexity index is 1010. The van der Waals surface area contributed by atoms with Crippen molar-refractivity contribution in [1.82, 2.24) is 10.2 Å². The van der Waals surface area contributed by atoms with E-state index in [1.807, 2.05) is 19.1 Å². The maximum atomic E-state index is 11.2. The summed E-state index contributed by atoms with van der Waals surface area (Å²) in [7, 11) is 0. The van der Waals surface area contributed by atoms with Crippen LogP contribution in [-0.4, -0.2) is 21.0 Å². The van der Waals surface area contributed by atoms with E-state index in [-0.39, 0.29) is 11.6 Å². The van der Waals surface area contributed by atoms with Crippen LogP contribution in [0.1, 0.15) is 12.5 Å². The molecule has 0 aliphatic carbocycles. The molecule has 8 nitrogen and oxygen atoms in total. The van der Waals surface area contributed by atoms with E-state index in [0.29, 0.717) is 20.1 Å². The van der Waals surface area contributed by atoms with E-state index in [1.165, 1.54) is 36.1 Å². The summed E-state index contributed by atoms with van der Waals surface area (Å²) in [5.41, 5.74) is 2.29. The second-order valence-electron chi connectivity index (χ2n) is 5.59. The zero-order valence-corrected chi connectivity index (χ0v) is 16.1. The lowest BCUT2D eigenvalue weighted by atomic mass is 10.2. The summed E-state index contributed by atoms with van der Waals surface area (Å²) in [4.78, 5) is 22.5. The molecule has 0 aliphatic heterocycles. The summed E-state index contributed by atoms with van der Waals surface area (Å²) in [6.07, 6.45) is 0. The summed E-state index contributed by atoms with van der Waals surface area (Å²) < 4.78 is 0.586. The summed E-state index contributed by atoms with van der Waals surface area (Å²) in [5.74, 6) is -0.151. The van der Waals surface area contributed by atoms with Gasteiger partial charge in [-0.25, -0.2) is 0 Å². The number of nitrogens with zero attached hydrogens (tertiary/aromatic N) is 3. The number of nitrogens with one attached hydrogen (secondary N) is 2. The number of benzene rings is 2. The Labute approximate surface area is 163 Å². The van der Waals surface area contributed by atoms with E-state index < -0.39 is 4.92 Å². The molecular formula is C17H15N5O3S2. The van der Waals surface area contributed by atoms with Gasteiger partial charge in [0, 0.05) is 24.4 Å². The molecule has 10 heteroatoms. The monoisotopic (exact) mass is 401 g/mol. The third-order valence-electron chi connectivity index (χ3n) is 3.35. The SMILES string of the molecule is CC(=O)Nc1cccc(Nc2nnc(Sc3ccc(C)cc3[N+](=O)[O-])s2)c1. The molecule has 0 atom stereocenters. The molecule has 0 aliphatic rings. The van der Waals surface area contributed by atoms with Crippen molar-refractivity contribution in [3.8, 4) is 0 Å². The molecule has 0 saturated carbocycles. The van der Waals surface area contributed by atoms with Crippen molar-refractivity contribution in [2.24, 2.45) is 0 Å². The number of nitro groups is 1. The first-order valence-corrected chi connectivity index (χ1v) is 9.45. The second kappa shape index (κ2) is 8.14. The van der Waals surface area contributed by atoms with Crippen LogP contribution in [0.25, 0.3) is 0 Å². The van der Waals surface area contributed by atoms with Crippen LogP contribution in [0.15, 0.2) is 51.7 Å². The predicted octanol–water partition coefficient (Wildman–Crippen LogP) is 4.61. The van der Waals surface area contributed by atoms with Crippen molar-refractivity contribution in [3.05, 3.63) is 58.1 Å². The Morgan fingerprint density at radius 3 is 2.70 bits per heavy atom. The summed E-state index contributed by atoms with van der Waals surface area (Å²) >= 11 is 2.49. The zero-order valence-electron chi connectivity index (χ0n) is 14.4. The molecule has 3 aromatic rings. The van der Waals surface area contributed by atoms with E-state index in [4.69, 9.17) is 0 Å². The van der Waals surface area contributed by atoms with Gasteiger partial charge in [0.1, 0.15) is 0 Å². The Morgan fingerprint density at radius 2 is 1.96 bits per heavy atom. The standard InChI is InChI=1S/C17H15N5O3S2/c1-10-6-7-15(14(8-10)22(24)25)26-17-21-20-16(27-17)19-13-5-3-4-12(9-13)18-11(2)23/h3-9H,1-2H3,(H,18,23)(H,19,20). The van der Waals surface area contributed by atoms with Gasteiger partial charge in [-0.1, -0.05) is 23.5 Å². The van der Waals surface area contributed by atoms with Crippen molar-refractivity contribution in [3.63, 3.8) is 0 Å². The molecule has 0 bridgehead atoms. The third kappa shape index (κ3) is 5.02. The van der Waals surface area contributed by atoms with Gasteiger partial charge >= 0.3 is 0 Å². The van der Waals surface area contributed by atoms with Gasteiger partial charge in [-0.2, -0.15) is 0 Å². The van der Waals surface area contributed by atoms with Gasteiger partial charge in [0.25, 0.3) is 5.69 Å². The molecule has 2 N–H and O–H groups in total. The number of aryl methyl sites for hydroxylation is 1. The zero-order chi connectivity index (χ0) is 19.4. The fourth-order valence-electron chi connectivity index (χ4n) is 2.25. The van der Waals surface area contributed by atoms with E-state index in [0.717, 1.165) is 11.3 Å². The number of hydrogen-bond acceptors (Lipinski definition) is 8. The number of rotatable bonds is 6. The van der Waals surface area contributed by atoms with Crippen molar-refractivity contribution >= 4 is 51.2 Å². The van der Waals surface area contributed by atoms with E-state index in [9.17, 15) is 14.9 Å². The lowest BCUT2D eigenvalue weighted by Gasteiger charge is -2.05. The molecule has 0 fully saturated rings. The highest BCUT2D eigenvalue weighted by Gasteiger charge is 2.17. The highest BCUT2D eigenvalue weighted by molar-refractivity contribution is 8.01. The minimum atomic E-state index is -0.400. The largest absolute Gasteiger partial charge is 0.330 e. The van der Waals surface area contributed by atoms with Crippen LogP contribution in [0.5, 0.6) is 0 Å². The first-order valence-electron chi connectivity index (χ1n) is 7.82. The fourth-order valence-corrected chi connectivity index (χ4v) is 4.07. The van der Waals surface area contributed by atoms with Crippen LogP contribution in [0, 0.1) is 17.0 Å². The maximum absolute atomic E-state index is 11.2. The van der Waals surface area contributed by atoms with Crippen LogP contribution in [0.3, 0.4) is 0 Å². The quantitative estimate of drug-likeness (QED) is 0.458. The molecule has 2 aromatic carbocycles. The Kier molecular flexibility index (Phi) is 5.67. The van der Waals surface area contributed by atoms with Crippen molar-refractivity contribution < 1.29 is 9.72 Å². The van der Waals surface area contributed by atoms with Gasteiger partial charge < -0.3 is 10.6 Å². The number of hydrogen-bond donors (Lipinski definition) is 2. The van der Waals surface area contributed by atoms with Gasteiger partial charge in [-0.15, -0.1) is 10.2 Å². The molecular weight excluding hydrogens is 386 g/mol. The predicted molar refractivity (Wildman–Crippen MR) is 106 cm³/mol. The fraction of sp³-hybridized carbons (Fsp3) is 0.118. The molecule has 3 rings (SSSR count). The highest BCUT2D eigenvalue weighted by Crippen LogP contribution is 2.38. The van der Waals surface area contributed by atoms with Gasteiger partial charge in [-0.05, 0) is 48.5 Å². The smallest absolute Gasteiger partial charge is 0.283 e. The highest BCUT2D eigenvalue weighted by atomic mass is 32.2.